The van der Waals surface area contributed by atoms with Gasteiger partial charge in [0.2, 0.25) is 11.8 Å². The second-order valence-corrected chi connectivity index (χ2v) is 15.0. The van der Waals surface area contributed by atoms with Crippen LogP contribution >= 0.6 is 0 Å². The van der Waals surface area contributed by atoms with Crippen LogP contribution in [0.1, 0.15) is 65.0 Å². The Kier molecular flexibility index (Phi) is 5.20. The first-order valence-electron chi connectivity index (χ1n) is 15.5. The van der Waals surface area contributed by atoms with Crippen molar-refractivity contribution in [3.8, 4) is 11.5 Å². The van der Waals surface area contributed by atoms with Gasteiger partial charge >= 0.3 is 0 Å². The molecule has 2 bridgehead atoms. The molecule has 2 amide bonds. The Bertz CT molecular complexity index is 1600. The number of hydrogen-bond acceptors (Lipinski definition) is 6. The molecule has 4 saturated heterocycles. The van der Waals surface area contributed by atoms with Crippen LogP contribution in [0.15, 0.2) is 54.8 Å². The Hall–Kier alpha value is -3.36. The Balaban J connectivity index is 1.22. The fourth-order valence-electron chi connectivity index (χ4n) is 10.0. The van der Waals surface area contributed by atoms with E-state index in [2.05, 4.69) is 43.1 Å². The molecule has 1 N–H and O–H groups in total. The Morgan fingerprint density at radius 2 is 1.81 bits per heavy atom. The van der Waals surface area contributed by atoms with Gasteiger partial charge in [0.25, 0.3) is 0 Å². The summed E-state index contributed by atoms with van der Waals surface area (Å²) in [5.74, 6) is 1.34. The van der Waals surface area contributed by atoms with E-state index in [9.17, 15) is 9.59 Å². The monoisotopic (exact) mass is 583 g/mol. The van der Waals surface area contributed by atoms with Crippen molar-refractivity contribution in [2.24, 2.45) is 11.3 Å². The maximum atomic E-state index is 14.6. The number of carbonyl (C=O) groups excluding carboxylic acids is 2. The number of nitrogens with zero attached hydrogens (tertiary/aromatic N) is 2. The third-order valence-electron chi connectivity index (χ3n) is 12.4. The zero-order valence-electron chi connectivity index (χ0n) is 26.0. The highest BCUT2D eigenvalue weighted by Gasteiger charge is 2.82. The SMILES string of the molecule is CN1C(=O)C23CC4C1(CN2CC[C@@]3(C)OCc1ccccc1)CC1(C(=O)Nc2c1ccc1c2OC=CC(C)(C)O1)C4(C)C. The van der Waals surface area contributed by atoms with E-state index in [1.165, 1.54) is 0 Å². The van der Waals surface area contributed by atoms with Crippen LogP contribution in [0, 0.1) is 11.3 Å². The lowest BCUT2D eigenvalue weighted by Gasteiger charge is -2.66. The first-order valence-corrected chi connectivity index (χ1v) is 15.5. The molecule has 8 nitrogen and oxygen atoms in total. The third-order valence-corrected chi connectivity index (χ3v) is 12.4. The van der Waals surface area contributed by atoms with Gasteiger partial charge in [-0.3, -0.25) is 14.5 Å². The maximum absolute atomic E-state index is 14.6. The van der Waals surface area contributed by atoms with Crippen LogP contribution in [-0.4, -0.2) is 64.0 Å². The van der Waals surface area contributed by atoms with E-state index in [4.69, 9.17) is 14.2 Å². The molecule has 7 aliphatic rings. The van der Waals surface area contributed by atoms with E-state index in [1.54, 1.807) is 6.26 Å². The molecule has 2 aromatic rings. The molecular formula is C35H41N3O5. The standard InChI is InChI=1S/C35H41N3O5/c1-30(2)15-17-41-27-24(43-30)13-12-23-26(27)36-28(39)34(23)20-33-21-38-16-14-32(5,42-19-22-10-8-7-9-11-22)35(38,29(40)37(33)6)18-25(33)31(34,3)4/h7-13,15,17,25H,14,16,18-21H2,1-6H3,(H,36,39)/t25?,32-,33?,34?,35?/m1/s1. The molecule has 226 valence electrons. The molecule has 0 radical (unpaired) electrons. The van der Waals surface area contributed by atoms with Crippen molar-refractivity contribution in [3.05, 3.63) is 65.9 Å². The fraction of sp³-hybridized carbons (Fsp3) is 0.543. The van der Waals surface area contributed by atoms with Gasteiger partial charge in [0.1, 0.15) is 11.1 Å². The number of fused-ring (bicyclic) bond motifs is 5. The van der Waals surface area contributed by atoms with Gasteiger partial charge in [0.05, 0.1) is 35.1 Å². The zero-order valence-corrected chi connectivity index (χ0v) is 26.0. The van der Waals surface area contributed by atoms with E-state index in [-0.39, 0.29) is 17.7 Å². The molecule has 0 aromatic heterocycles. The number of rotatable bonds is 3. The van der Waals surface area contributed by atoms with Crippen LogP contribution in [0.5, 0.6) is 11.5 Å². The molecule has 2 aromatic carbocycles. The third kappa shape index (κ3) is 3.09. The number of piperazine rings is 1. The normalized spacial score (nSPS) is 37.7. The number of nitrogens with one attached hydrogen (secondary N) is 1. The lowest BCUT2D eigenvalue weighted by atomic mass is 9.55. The maximum Gasteiger partial charge on any atom is 0.246 e. The number of likely N-dealkylation sites (N-methyl/N-ethyl adjacent to an activating group) is 1. The van der Waals surface area contributed by atoms with Gasteiger partial charge in [-0.15, -0.1) is 0 Å². The van der Waals surface area contributed by atoms with Crippen molar-refractivity contribution < 1.29 is 23.8 Å². The summed E-state index contributed by atoms with van der Waals surface area (Å²) in [6.07, 6.45) is 5.56. The lowest BCUT2D eigenvalue weighted by Crippen LogP contribution is -2.82. The summed E-state index contributed by atoms with van der Waals surface area (Å²) in [7, 11) is 1.97. The molecule has 6 aliphatic heterocycles. The first-order chi connectivity index (χ1) is 20.3. The lowest BCUT2D eigenvalue weighted by molar-refractivity contribution is -0.215. The summed E-state index contributed by atoms with van der Waals surface area (Å²) < 4.78 is 19.2. The topological polar surface area (TPSA) is 80.3 Å². The predicted molar refractivity (Wildman–Crippen MR) is 162 cm³/mol. The minimum absolute atomic E-state index is 0.0224. The minimum atomic E-state index is -0.835. The molecule has 6 heterocycles. The summed E-state index contributed by atoms with van der Waals surface area (Å²) in [4.78, 5) is 33.5. The molecule has 5 atom stereocenters. The molecule has 1 aliphatic carbocycles. The molecule has 3 spiro atoms. The van der Waals surface area contributed by atoms with Crippen molar-refractivity contribution in [1.29, 1.82) is 0 Å². The number of anilines is 1. The number of amides is 2. The predicted octanol–water partition coefficient (Wildman–Crippen LogP) is 5.02. The summed E-state index contributed by atoms with van der Waals surface area (Å²) in [5.41, 5.74) is -1.01. The van der Waals surface area contributed by atoms with Crippen LogP contribution in [-0.2, 0) is 26.3 Å². The van der Waals surface area contributed by atoms with E-state index in [0.29, 0.717) is 36.6 Å². The Morgan fingerprint density at radius 1 is 1.05 bits per heavy atom. The average Bonchev–Trinajstić information content (AvgIpc) is 3.44. The zero-order chi connectivity index (χ0) is 30.2. The van der Waals surface area contributed by atoms with Crippen LogP contribution in [0.3, 0.4) is 0 Å². The van der Waals surface area contributed by atoms with Crippen molar-refractivity contribution in [2.75, 3.05) is 25.5 Å². The largest absolute Gasteiger partial charge is 0.480 e. The van der Waals surface area contributed by atoms with Crippen LogP contribution in [0.25, 0.3) is 0 Å². The van der Waals surface area contributed by atoms with Gasteiger partial charge in [0.15, 0.2) is 11.5 Å². The summed E-state index contributed by atoms with van der Waals surface area (Å²) in [6.45, 7) is 12.6. The highest BCUT2D eigenvalue weighted by atomic mass is 16.5. The second-order valence-electron chi connectivity index (χ2n) is 15.0. The highest BCUT2D eigenvalue weighted by molar-refractivity contribution is 6.09. The molecule has 5 fully saturated rings. The summed E-state index contributed by atoms with van der Waals surface area (Å²) in [6, 6.07) is 14.2. The number of benzene rings is 2. The average molecular weight is 584 g/mol. The van der Waals surface area contributed by atoms with Crippen molar-refractivity contribution in [3.63, 3.8) is 0 Å². The number of piperidine rings is 2. The van der Waals surface area contributed by atoms with Gasteiger partial charge in [-0.05, 0) is 74.6 Å². The molecule has 43 heavy (non-hydrogen) atoms. The van der Waals surface area contributed by atoms with E-state index >= 15 is 0 Å². The van der Waals surface area contributed by atoms with Crippen molar-refractivity contribution in [1.82, 2.24) is 9.80 Å². The molecule has 1 saturated carbocycles. The molecule has 4 unspecified atom stereocenters. The van der Waals surface area contributed by atoms with Gasteiger partial charge in [-0.25, -0.2) is 0 Å². The van der Waals surface area contributed by atoms with E-state index < -0.39 is 33.1 Å². The highest BCUT2D eigenvalue weighted by Crippen LogP contribution is 2.73. The summed E-state index contributed by atoms with van der Waals surface area (Å²) in [5, 5.41) is 3.24. The van der Waals surface area contributed by atoms with E-state index in [1.807, 2.05) is 62.2 Å². The molecule has 8 heteroatoms. The van der Waals surface area contributed by atoms with Crippen LogP contribution in [0.4, 0.5) is 5.69 Å². The van der Waals surface area contributed by atoms with Gasteiger partial charge < -0.3 is 24.4 Å². The number of ether oxygens (including phenoxy) is 3. The van der Waals surface area contributed by atoms with Gasteiger partial charge in [-0.2, -0.15) is 0 Å². The molecule has 9 rings (SSSR count). The Morgan fingerprint density at radius 3 is 2.58 bits per heavy atom. The van der Waals surface area contributed by atoms with Crippen LogP contribution in [0.2, 0.25) is 0 Å². The molecular weight excluding hydrogens is 542 g/mol. The Labute approximate surface area is 253 Å². The van der Waals surface area contributed by atoms with E-state index in [0.717, 1.165) is 30.6 Å². The smallest absolute Gasteiger partial charge is 0.246 e. The van der Waals surface area contributed by atoms with Gasteiger partial charge in [-0.1, -0.05) is 50.2 Å². The fourth-order valence-corrected chi connectivity index (χ4v) is 10.0. The quantitative estimate of drug-likeness (QED) is 0.547. The van der Waals surface area contributed by atoms with Gasteiger partial charge in [0, 0.05) is 20.1 Å². The van der Waals surface area contributed by atoms with Crippen LogP contribution < -0.4 is 14.8 Å². The summed E-state index contributed by atoms with van der Waals surface area (Å²) >= 11 is 0. The number of carbonyl (C=O) groups is 2. The number of hydrogen-bond donors (Lipinski definition) is 1. The van der Waals surface area contributed by atoms with Crippen molar-refractivity contribution in [2.45, 2.75) is 88.2 Å². The minimum Gasteiger partial charge on any atom is -0.480 e. The first kappa shape index (κ1) is 27.2. The van der Waals surface area contributed by atoms with Crippen molar-refractivity contribution >= 4 is 17.5 Å². The second kappa shape index (κ2) is 8.21.